The second-order valence-electron chi connectivity index (χ2n) is 7.89. The van der Waals surface area contributed by atoms with Gasteiger partial charge in [0.15, 0.2) is 13.1 Å². The van der Waals surface area contributed by atoms with Gasteiger partial charge in [0.25, 0.3) is 11.8 Å². The molecule has 30 heavy (non-hydrogen) atoms. The lowest BCUT2D eigenvalue weighted by Crippen LogP contribution is -3.28. The molecule has 3 rings (SSSR count). The van der Waals surface area contributed by atoms with Crippen LogP contribution >= 0.6 is 11.6 Å². The normalized spacial score (nSPS) is 18.6. The van der Waals surface area contributed by atoms with Gasteiger partial charge in [-0.1, -0.05) is 48.9 Å². The number of aryl methyl sites for hydroxylation is 2. The number of piperazine rings is 1. The van der Waals surface area contributed by atoms with Gasteiger partial charge in [-0.3, -0.25) is 9.59 Å². The highest BCUT2D eigenvalue weighted by Gasteiger charge is 2.26. The largest absolute Gasteiger partial charge is 0.321 e. The van der Waals surface area contributed by atoms with Crippen molar-refractivity contribution in [3.8, 4) is 0 Å². The van der Waals surface area contributed by atoms with Crippen LogP contribution in [0.4, 0.5) is 11.4 Å². The third kappa shape index (κ3) is 6.05. The number of anilines is 2. The predicted molar refractivity (Wildman–Crippen MR) is 120 cm³/mol. The summed E-state index contributed by atoms with van der Waals surface area (Å²) in [6.07, 6.45) is 0.891. The SMILES string of the molecule is CCc1cccc(C)c1NC(=O)C[NH+]1CC[NH+](CC(=O)Nc2ccccc2Cl)CC1. The molecule has 0 saturated carbocycles. The van der Waals surface area contributed by atoms with Crippen molar-refractivity contribution in [2.24, 2.45) is 0 Å². The van der Waals surface area contributed by atoms with Crippen molar-refractivity contribution in [3.05, 3.63) is 58.6 Å². The Labute approximate surface area is 183 Å². The third-order valence-electron chi connectivity index (χ3n) is 5.64. The van der Waals surface area contributed by atoms with E-state index in [0.29, 0.717) is 23.8 Å². The van der Waals surface area contributed by atoms with Gasteiger partial charge in [0, 0.05) is 5.69 Å². The highest BCUT2D eigenvalue weighted by Crippen LogP contribution is 2.21. The van der Waals surface area contributed by atoms with Crippen molar-refractivity contribution in [3.63, 3.8) is 0 Å². The number of nitrogens with one attached hydrogen (secondary N) is 4. The molecule has 0 unspecified atom stereocenters. The van der Waals surface area contributed by atoms with Crippen molar-refractivity contribution >= 4 is 34.8 Å². The van der Waals surface area contributed by atoms with Gasteiger partial charge < -0.3 is 20.4 Å². The molecule has 160 valence electrons. The van der Waals surface area contributed by atoms with Gasteiger partial charge in [0.05, 0.1) is 10.7 Å². The number of para-hydroxylation sites is 2. The first kappa shape index (κ1) is 22.3. The van der Waals surface area contributed by atoms with Crippen molar-refractivity contribution in [2.75, 3.05) is 49.9 Å². The average Bonchev–Trinajstić information content (AvgIpc) is 2.72. The Morgan fingerprint density at radius 2 is 1.50 bits per heavy atom. The standard InChI is InChI=1S/C23H29ClN4O2/c1-3-18-8-6-7-17(2)23(18)26-22(30)16-28-13-11-27(12-14-28)15-21(29)25-20-10-5-4-9-19(20)24/h4-10H,3,11-16H2,1-2H3,(H,25,29)(H,26,30)/p+2. The number of rotatable bonds is 7. The molecule has 6 nitrogen and oxygen atoms in total. The van der Waals surface area contributed by atoms with Crippen LogP contribution in [0.1, 0.15) is 18.1 Å². The summed E-state index contributed by atoms with van der Waals surface area (Å²) in [6.45, 7) is 8.46. The molecule has 7 heteroatoms. The molecule has 2 aromatic rings. The number of hydrogen-bond donors (Lipinski definition) is 4. The number of carbonyl (C=O) groups excluding carboxylic acids is 2. The van der Waals surface area contributed by atoms with E-state index >= 15 is 0 Å². The molecule has 1 saturated heterocycles. The van der Waals surface area contributed by atoms with Gasteiger partial charge in [-0.15, -0.1) is 0 Å². The topological polar surface area (TPSA) is 67.1 Å². The van der Waals surface area contributed by atoms with Crippen molar-refractivity contribution in [1.82, 2.24) is 0 Å². The fraction of sp³-hybridized carbons (Fsp3) is 0.391. The van der Waals surface area contributed by atoms with Crippen molar-refractivity contribution in [1.29, 1.82) is 0 Å². The van der Waals surface area contributed by atoms with Crippen LogP contribution in [0.2, 0.25) is 5.02 Å². The molecule has 1 heterocycles. The van der Waals surface area contributed by atoms with Crippen molar-refractivity contribution in [2.45, 2.75) is 20.3 Å². The lowest BCUT2D eigenvalue weighted by Gasteiger charge is -2.29. The van der Waals surface area contributed by atoms with E-state index in [9.17, 15) is 9.59 Å². The second-order valence-corrected chi connectivity index (χ2v) is 8.30. The lowest BCUT2D eigenvalue weighted by atomic mass is 10.1. The first-order valence-electron chi connectivity index (χ1n) is 10.6. The Kier molecular flexibility index (Phi) is 7.85. The van der Waals surface area contributed by atoms with Gasteiger partial charge >= 0.3 is 0 Å². The van der Waals surface area contributed by atoms with Gasteiger partial charge in [0.2, 0.25) is 0 Å². The Hall–Kier alpha value is -2.41. The molecule has 1 fully saturated rings. The Bertz CT molecular complexity index is 895. The van der Waals surface area contributed by atoms with E-state index in [1.807, 2.05) is 31.2 Å². The summed E-state index contributed by atoms with van der Waals surface area (Å²) in [7, 11) is 0. The molecule has 0 spiro atoms. The minimum Gasteiger partial charge on any atom is -0.321 e. The van der Waals surface area contributed by atoms with E-state index in [2.05, 4.69) is 23.6 Å². The average molecular weight is 431 g/mol. The number of benzene rings is 2. The summed E-state index contributed by atoms with van der Waals surface area (Å²) >= 11 is 6.10. The minimum atomic E-state index is -0.0362. The summed E-state index contributed by atoms with van der Waals surface area (Å²) in [5.74, 6) is 0.0138. The van der Waals surface area contributed by atoms with Gasteiger partial charge in [-0.25, -0.2) is 0 Å². The van der Waals surface area contributed by atoms with Gasteiger partial charge in [0.1, 0.15) is 26.2 Å². The van der Waals surface area contributed by atoms with Crippen LogP contribution in [-0.2, 0) is 16.0 Å². The maximum Gasteiger partial charge on any atom is 0.279 e. The maximum atomic E-state index is 12.6. The van der Waals surface area contributed by atoms with E-state index < -0.39 is 0 Å². The van der Waals surface area contributed by atoms with Crippen LogP contribution in [0.3, 0.4) is 0 Å². The first-order valence-corrected chi connectivity index (χ1v) is 10.9. The summed E-state index contributed by atoms with van der Waals surface area (Å²) in [5, 5.41) is 6.53. The van der Waals surface area contributed by atoms with Crippen LogP contribution in [0.5, 0.6) is 0 Å². The van der Waals surface area contributed by atoms with Gasteiger partial charge in [-0.05, 0) is 36.6 Å². The first-order chi connectivity index (χ1) is 14.5. The molecular formula is C23H31ClN4O2+2. The maximum absolute atomic E-state index is 12.6. The number of carbonyl (C=O) groups is 2. The Morgan fingerprint density at radius 3 is 2.10 bits per heavy atom. The quantitative estimate of drug-likeness (QED) is 0.519. The number of hydrogen-bond acceptors (Lipinski definition) is 2. The molecule has 2 aromatic carbocycles. The fourth-order valence-corrected chi connectivity index (χ4v) is 4.09. The lowest BCUT2D eigenvalue weighted by molar-refractivity contribution is -1.00. The second kappa shape index (κ2) is 10.6. The number of halogens is 1. The number of quaternary nitrogens is 2. The molecule has 0 aromatic heterocycles. The monoisotopic (exact) mass is 430 g/mol. The van der Waals surface area contributed by atoms with Crippen LogP contribution in [0.15, 0.2) is 42.5 Å². The summed E-state index contributed by atoms with van der Waals surface area (Å²) in [6, 6.07) is 13.4. The molecule has 0 atom stereocenters. The molecule has 1 aliphatic rings. The van der Waals surface area contributed by atoms with E-state index in [1.54, 1.807) is 12.1 Å². The molecule has 0 bridgehead atoms. The zero-order valence-corrected chi connectivity index (χ0v) is 18.4. The Balaban J connectivity index is 1.44. The van der Waals surface area contributed by atoms with Crippen LogP contribution in [-0.4, -0.2) is 51.1 Å². The Morgan fingerprint density at radius 1 is 0.900 bits per heavy atom. The van der Waals surface area contributed by atoms with Gasteiger partial charge in [-0.2, -0.15) is 0 Å². The zero-order chi connectivity index (χ0) is 21.5. The summed E-state index contributed by atoms with van der Waals surface area (Å²) < 4.78 is 0. The molecule has 4 N–H and O–H groups in total. The summed E-state index contributed by atoms with van der Waals surface area (Å²) in [5.41, 5.74) is 3.85. The van der Waals surface area contributed by atoms with Crippen LogP contribution in [0, 0.1) is 6.92 Å². The molecular weight excluding hydrogens is 400 g/mol. The highest BCUT2D eigenvalue weighted by atomic mass is 35.5. The van der Waals surface area contributed by atoms with E-state index in [0.717, 1.165) is 49.4 Å². The van der Waals surface area contributed by atoms with E-state index in [-0.39, 0.29) is 11.8 Å². The van der Waals surface area contributed by atoms with Crippen LogP contribution in [0.25, 0.3) is 0 Å². The minimum absolute atomic E-state index is 0.0362. The predicted octanol–water partition coefficient (Wildman–Crippen LogP) is 0.571. The van der Waals surface area contributed by atoms with E-state index in [1.165, 1.54) is 9.80 Å². The summed E-state index contributed by atoms with van der Waals surface area (Å²) in [4.78, 5) is 27.4. The fourth-order valence-electron chi connectivity index (χ4n) is 3.91. The highest BCUT2D eigenvalue weighted by molar-refractivity contribution is 6.33. The van der Waals surface area contributed by atoms with E-state index in [4.69, 9.17) is 11.6 Å². The third-order valence-corrected chi connectivity index (χ3v) is 5.97. The molecule has 0 radical (unpaired) electrons. The molecule has 0 aliphatic carbocycles. The number of amides is 2. The molecule has 2 amide bonds. The smallest absolute Gasteiger partial charge is 0.279 e. The van der Waals surface area contributed by atoms with Crippen LogP contribution < -0.4 is 20.4 Å². The molecule has 1 aliphatic heterocycles. The van der Waals surface area contributed by atoms with Crippen molar-refractivity contribution < 1.29 is 19.4 Å². The zero-order valence-electron chi connectivity index (χ0n) is 17.7.